The number of carbonyl (C=O) groups excluding carboxylic acids is 3. The van der Waals surface area contributed by atoms with Crippen LogP contribution in [-0.4, -0.2) is 61.9 Å². The second kappa shape index (κ2) is 10.5. The van der Waals surface area contributed by atoms with Crippen LogP contribution in [0.1, 0.15) is 62.8 Å². The quantitative estimate of drug-likeness (QED) is 0.667. The first-order valence-electron chi connectivity index (χ1n) is 13.3. The number of rotatable bonds is 4. The van der Waals surface area contributed by atoms with Gasteiger partial charge in [0.1, 0.15) is 0 Å². The average molecular weight is 467 g/mol. The summed E-state index contributed by atoms with van der Waals surface area (Å²) < 4.78 is 0. The number of likely N-dealkylation sites (tertiary alicyclic amines) is 1. The predicted octanol–water partition coefficient (Wildman–Crippen LogP) is 2.66. The monoisotopic (exact) mass is 466 g/mol. The smallest absolute Gasteiger partial charge is 0.234 e. The summed E-state index contributed by atoms with van der Waals surface area (Å²) in [6.07, 6.45) is 7.72. The largest absolute Gasteiger partial charge is 0.372 e. The normalized spacial score (nSPS) is 25.9. The number of piperidine rings is 4. The Kier molecular flexibility index (Phi) is 7.18. The molecule has 0 aliphatic carbocycles. The minimum atomic E-state index is -0.218. The molecule has 184 valence electrons. The van der Waals surface area contributed by atoms with Gasteiger partial charge in [-0.1, -0.05) is 12.1 Å². The Bertz CT molecular complexity index is 880. The summed E-state index contributed by atoms with van der Waals surface area (Å²) in [5.74, 6) is 1.58. The molecule has 0 aromatic heterocycles. The predicted molar refractivity (Wildman–Crippen MR) is 131 cm³/mol. The van der Waals surface area contributed by atoms with E-state index in [1.165, 1.54) is 18.5 Å². The van der Waals surface area contributed by atoms with Gasteiger partial charge in [0, 0.05) is 44.2 Å². The molecule has 1 aromatic carbocycles. The topological polar surface area (TPSA) is 81.8 Å². The number of hydrogen-bond acceptors (Lipinski definition) is 5. The standard InChI is InChI=1S/C27H38N4O3/c32-25-6-5-24(26(33)29-25)21-1-3-23(4-2-21)30-15-9-19(10-16-30)20-11-17-31(18-12-20)27(34)22-7-13-28-14-8-22/h1-4,19-20,22,24,28H,5-18H2,(H,29,32,33). The van der Waals surface area contributed by atoms with Crippen molar-refractivity contribution in [3.63, 3.8) is 0 Å². The maximum absolute atomic E-state index is 12.8. The third-order valence-corrected chi connectivity index (χ3v) is 8.65. The Morgan fingerprint density at radius 2 is 1.41 bits per heavy atom. The molecule has 2 N–H and O–H groups in total. The molecule has 4 saturated heterocycles. The minimum absolute atomic E-state index is 0.167. The highest BCUT2D eigenvalue weighted by Crippen LogP contribution is 2.35. The van der Waals surface area contributed by atoms with Crippen molar-refractivity contribution in [2.75, 3.05) is 44.2 Å². The zero-order chi connectivity index (χ0) is 23.5. The molecule has 34 heavy (non-hydrogen) atoms. The molecule has 3 amide bonds. The molecule has 1 atom stereocenters. The van der Waals surface area contributed by atoms with Crippen LogP contribution >= 0.6 is 0 Å². The Labute approximate surface area is 202 Å². The summed E-state index contributed by atoms with van der Waals surface area (Å²) >= 11 is 0. The van der Waals surface area contributed by atoms with E-state index in [1.807, 2.05) is 0 Å². The fraction of sp³-hybridized carbons (Fsp3) is 0.667. The van der Waals surface area contributed by atoms with Crippen LogP contribution in [0.25, 0.3) is 0 Å². The lowest BCUT2D eigenvalue weighted by molar-refractivity contribution is -0.138. The zero-order valence-electron chi connectivity index (χ0n) is 20.1. The van der Waals surface area contributed by atoms with Crippen molar-refractivity contribution in [2.24, 2.45) is 17.8 Å². The molecule has 7 heteroatoms. The van der Waals surface area contributed by atoms with Gasteiger partial charge in [-0.25, -0.2) is 0 Å². The van der Waals surface area contributed by atoms with Gasteiger partial charge >= 0.3 is 0 Å². The van der Waals surface area contributed by atoms with Gasteiger partial charge in [-0.2, -0.15) is 0 Å². The van der Waals surface area contributed by atoms with E-state index in [9.17, 15) is 14.4 Å². The second-order valence-corrected chi connectivity index (χ2v) is 10.6. The molecule has 0 radical (unpaired) electrons. The van der Waals surface area contributed by atoms with E-state index in [0.29, 0.717) is 18.7 Å². The number of benzene rings is 1. The molecule has 4 aliphatic heterocycles. The number of nitrogens with zero attached hydrogens (tertiary/aromatic N) is 2. The summed E-state index contributed by atoms with van der Waals surface area (Å²) in [7, 11) is 0. The van der Waals surface area contributed by atoms with Crippen LogP contribution in [0.4, 0.5) is 5.69 Å². The van der Waals surface area contributed by atoms with Crippen LogP contribution in [-0.2, 0) is 14.4 Å². The molecule has 7 nitrogen and oxygen atoms in total. The number of imide groups is 1. The molecule has 4 aliphatic rings. The van der Waals surface area contributed by atoms with Gasteiger partial charge in [-0.15, -0.1) is 0 Å². The molecule has 1 unspecified atom stereocenters. The first-order chi connectivity index (χ1) is 16.6. The number of nitrogens with one attached hydrogen (secondary N) is 2. The van der Waals surface area contributed by atoms with Gasteiger partial charge in [-0.3, -0.25) is 19.7 Å². The van der Waals surface area contributed by atoms with Crippen molar-refractivity contribution in [1.82, 2.24) is 15.5 Å². The lowest BCUT2D eigenvalue weighted by Gasteiger charge is -2.41. The van der Waals surface area contributed by atoms with Crippen LogP contribution < -0.4 is 15.5 Å². The summed E-state index contributed by atoms with van der Waals surface area (Å²) in [5, 5.41) is 5.81. The summed E-state index contributed by atoms with van der Waals surface area (Å²) in [6, 6.07) is 8.36. The van der Waals surface area contributed by atoms with Crippen molar-refractivity contribution in [1.29, 1.82) is 0 Å². The SMILES string of the molecule is O=C1CCC(c2ccc(N3CCC(C4CCN(C(=O)C5CCNCC5)CC4)CC3)cc2)C(=O)N1. The van der Waals surface area contributed by atoms with Crippen molar-refractivity contribution in [3.8, 4) is 0 Å². The minimum Gasteiger partial charge on any atom is -0.372 e. The van der Waals surface area contributed by atoms with Crippen molar-refractivity contribution in [3.05, 3.63) is 29.8 Å². The van der Waals surface area contributed by atoms with Gasteiger partial charge in [0.05, 0.1) is 5.92 Å². The van der Waals surface area contributed by atoms with Crippen LogP contribution in [0.3, 0.4) is 0 Å². The van der Waals surface area contributed by atoms with Gasteiger partial charge in [-0.05, 0) is 87.6 Å². The van der Waals surface area contributed by atoms with E-state index in [2.05, 4.69) is 44.7 Å². The van der Waals surface area contributed by atoms with E-state index in [-0.39, 0.29) is 23.7 Å². The van der Waals surface area contributed by atoms with E-state index < -0.39 is 0 Å². The lowest BCUT2D eigenvalue weighted by atomic mass is 9.78. The highest BCUT2D eigenvalue weighted by molar-refractivity contribution is 6.00. The molecule has 0 saturated carbocycles. The summed E-state index contributed by atoms with van der Waals surface area (Å²) in [4.78, 5) is 41.0. The molecular formula is C27H38N4O3. The first kappa shape index (κ1) is 23.3. The fourth-order valence-electron chi connectivity index (χ4n) is 6.48. The molecular weight excluding hydrogens is 428 g/mol. The summed E-state index contributed by atoms with van der Waals surface area (Å²) in [6.45, 7) is 5.97. The lowest BCUT2D eigenvalue weighted by Crippen LogP contribution is -2.46. The molecule has 4 heterocycles. The number of amides is 3. The Morgan fingerprint density at radius 3 is 2.03 bits per heavy atom. The maximum Gasteiger partial charge on any atom is 0.234 e. The van der Waals surface area contributed by atoms with E-state index in [0.717, 1.165) is 82.4 Å². The molecule has 4 fully saturated rings. The number of carbonyl (C=O) groups is 3. The van der Waals surface area contributed by atoms with Crippen LogP contribution in [0.5, 0.6) is 0 Å². The van der Waals surface area contributed by atoms with Gasteiger partial charge < -0.3 is 15.1 Å². The second-order valence-electron chi connectivity index (χ2n) is 10.6. The zero-order valence-corrected chi connectivity index (χ0v) is 20.1. The third kappa shape index (κ3) is 5.14. The van der Waals surface area contributed by atoms with Crippen molar-refractivity contribution in [2.45, 2.75) is 57.3 Å². The number of hydrogen-bond donors (Lipinski definition) is 2. The van der Waals surface area contributed by atoms with Crippen LogP contribution in [0.15, 0.2) is 24.3 Å². The number of anilines is 1. The summed E-state index contributed by atoms with van der Waals surface area (Å²) in [5.41, 5.74) is 2.21. The van der Waals surface area contributed by atoms with Crippen molar-refractivity contribution >= 4 is 23.4 Å². The fourth-order valence-corrected chi connectivity index (χ4v) is 6.48. The maximum atomic E-state index is 12.8. The first-order valence-corrected chi connectivity index (χ1v) is 13.3. The molecule has 1 aromatic rings. The van der Waals surface area contributed by atoms with Crippen LogP contribution in [0.2, 0.25) is 0 Å². The molecule has 0 bridgehead atoms. The highest BCUT2D eigenvalue weighted by atomic mass is 16.2. The van der Waals surface area contributed by atoms with Gasteiger partial charge in [0.25, 0.3) is 0 Å². The highest BCUT2D eigenvalue weighted by Gasteiger charge is 2.33. The van der Waals surface area contributed by atoms with Gasteiger partial charge in [0.2, 0.25) is 17.7 Å². The Hall–Kier alpha value is -2.41. The van der Waals surface area contributed by atoms with E-state index in [4.69, 9.17) is 0 Å². The average Bonchev–Trinajstić information content (AvgIpc) is 2.89. The molecule has 0 spiro atoms. The van der Waals surface area contributed by atoms with Crippen LogP contribution in [0, 0.1) is 17.8 Å². The van der Waals surface area contributed by atoms with Crippen molar-refractivity contribution < 1.29 is 14.4 Å². The molecule has 5 rings (SSSR count). The van der Waals surface area contributed by atoms with E-state index in [1.54, 1.807) is 0 Å². The van der Waals surface area contributed by atoms with E-state index >= 15 is 0 Å². The Balaban J connectivity index is 1.08. The third-order valence-electron chi connectivity index (χ3n) is 8.65. The van der Waals surface area contributed by atoms with Gasteiger partial charge in [0.15, 0.2) is 0 Å². The Morgan fingerprint density at radius 1 is 0.794 bits per heavy atom.